The maximum absolute atomic E-state index is 13.7. The fourth-order valence-corrected chi connectivity index (χ4v) is 3.59. The highest BCUT2D eigenvalue weighted by molar-refractivity contribution is 5.30. The molecule has 2 aliphatic carbocycles. The summed E-state index contributed by atoms with van der Waals surface area (Å²) in [5.41, 5.74) is 0.956. The van der Waals surface area contributed by atoms with Crippen LogP contribution >= 0.6 is 0 Å². The molecule has 2 atom stereocenters. The summed E-state index contributed by atoms with van der Waals surface area (Å²) in [6, 6.07) is 5.12. The van der Waals surface area contributed by atoms with Crippen LogP contribution in [0.3, 0.4) is 0 Å². The molecular formula is C15H19FO2. The number of benzene rings is 1. The van der Waals surface area contributed by atoms with Crippen LogP contribution in [0.2, 0.25) is 0 Å². The Morgan fingerprint density at radius 2 is 2.11 bits per heavy atom. The van der Waals surface area contributed by atoms with Crippen LogP contribution in [0.4, 0.5) is 4.39 Å². The van der Waals surface area contributed by atoms with E-state index in [1.807, 2.05) is 6.07 Å². The largest absolute Gasteiger partial charge is 0.494 e. The molecule has 2 fully saturated rings. The second-order valence-corrected chi connectivity index (χ2v) is 5.97. The minimum atomic E-state index is -0.314. The van der Waals surface area contributed by atoms with E-state index in [1.165, 1.54) is 13.5 Å². The summed E-state index contributed by atoms with van der Waals surface area (Å²) in [6.07, 6.45) is 4.31. The summed E-state index contributed by atoms with van der Waals surface area (Å²) in [6.45, 7) is 0.216. The summed E-state index contributed by atoms with van der Waals surface area (Å²) in [5.74, 6) is 1.61. The maximum Gasteiger partial charge on any atom is 0.165 e. The minimum absolute atomic E-state index is 0.00535. The summed E-state index contributed by atoms with van der Waals surface area (Å²) < 4.78 is 18.6. The zero-order chi connectivity index (χ0) is 12.8. The van der Waals surface area contributed by atoms with Crippen molar-refractivity contribution < 1.29 is 14.2 Å². The molecule has 2 aliphatic rings. The maximum atomic E-state index is 13.7. The van der Waals surface area contributed by atoms with E-state index in [4.69, 9.17) is 4.74 Å². The number of hydrogen-bond donors (Lipinski definition) is 1. The van der Waals surface area contributed by atoms with Gasteiger partial charge in [0.25, 0.3) is 0 Å². The van der Waals surface area contributed by atoms with Gasteiger partial charge < -0.3 is 9.84 Å². The number of halogens is 1. The van der Waals surface area contributed by atoms with E-state index in [0.717, 1.165) is 36.7 Å². The minimum Gasteiger partial charge on any atom is -0.494 e. The fraction of sp³-hybridized carbons (Fsp3) is 0.600. The number of rotatable bonds is 4. The first-order chi connectivity index (χ1) is 8.65. The van der Waals surface area contributed by atoms with Crippen molar-refractivity contribution in [2.24, 2.45) is 17.3 Å². The van der Waals surface area contributed by atoms with Crippen LogP contribution in [0.1, 0.15) is 24.8 Å². The Morgan fingerprint density at radius 1 is 1.39 bits per heavy atom. The standard InChI is InChI=1S/C15H19FO2/c1-18-14-3-2-10(4-13(14)16)6-15(9-17)7-11-5-12(11)8-15/h2-4,11-12,17H,5-9H2,1H3. The Kier molecular flexibility index (Phi) is 2.81. The molecule has 0 amide bonds. The topological polar surface area (TPSA) is 29.5 Å². The molecule has 2 unspecified atom stereocenters. The van der Waals surface area contributed by atoms with Crippen LogP contribution in [-0.2, 0) is 6.42 Å². The molecule has 1 aromatic carbocycles. The lowest BCUT2D eigenvalue weighted by molar-refractivity contribution is 0.117. The smallest absolute Gasteiger partial charge is 0.165 e. The first-order valence-corrected chi connectivity index (χ1v) is 6.59. The highest BCUT2D eigenvalue weighted by Crippen LogP contribution is 2.60. The van der Waals surface area contributed by atoms with Crippen molar-refractivity contribution in [1.82, 2.24) is 0 Å². The number of methoxy groups -OCH3 is 1. The van der Waals surface area contributed by atoms with Gasteiger partial charge in [-0.15, -0.1) is 0 Å². The molecule has 0 saturated heterocycles. The number of aliphatic hydroxyl groups excluding tert-OH is 1. The van der Waals surface area contributed by atoms with Gasteiger partial charge in [-0.2, -0.15) is 0 Å². The van der Waals surface area contributed by atoms with E-state index in [9.17, 15) is 9.50 Å². The molecule has 3 rings (SSSR count). The molecule has 0 heterocycles. The van der Waals surface area contributed by atoms with Crippen LogP contribution in [0.15, 0.2) is 18.2 Å². The molecule has 0 aromatic heterocycles. The van der Waals surface area contributed by atoms with Crippen molar-refractivity contribution in [3.05, 3.63) is 29.6 Å². The highest BCUT2D eigenvalue weighted by Gasteiger charge is 2.53. The first kappa shape index (κ1) is 12.0. The van der Waals surface area contributed by atoms with Crippen LogP contribution in [0.25, 0.3) is 0 Å². The number of hydrogen-bond acceptors (Lipinski definition) is 2. The molecule has 0 radical (unpaired) electrons. The van der Waals surface area contributed by atoms with E-state index in [-0.39, 0.29) is 23.6 Å². The molecule has 18 heavy (non-hydrogen) atoms. The zero-order valence-corrected chi connectivity index (χ0v) is 10.7. The average molecular weight is 250 g/mol. The third-order valence-electron chi connectivity index (χ3n) is 4.59. The summed E-state index contributed by atoms with van der Waals surface area (Å²) >= 11 is 0. The van der Waals surface area contributed by atoms with Crippen molar-refractivity contribution in [2.45, 2.75) is 25.7 Å². The van der Waals surface area contributed by atoms with Crippen molar-refractivity contribution in [3.8, 4) is 5.75 Å². The molecule has 1 N–H and O–H groups in total. The Labute approximate surface area is 107 Å². The predicted molar refractivity (Wildman–Crippen MR) is 67.0 cm³/mol. The molecule has 98 valence electrons. The SMILES string of the molecule is COc1ccc(CC2(CO)CC3CC3C2)cc1F. The van der Waals surface area contributed by atoms with Crippen molar-refractivity contribution in [3.63, 3.8) is 0 Å². The normalized spacial score (nSPS) is 33.3. The summed E-state index contributed by atoms with van der Waals surface area (Å²) in [5, 5.41) is 9.67. The summed E-state index contributed by atoms with van der Waals surface area (Å²) in [7, 11) is 1.47. The predicted octanol–water partition coefficient (Wildman–Crippen LogP) is 2.79. The third-order valence-corrected chi connectivity index (χ3v) is 4.59. The number of ether oxygens (including phenoxy) is 1. The third kappa shape index (κ3) is 2.01. The zero-order valence-electron chi connectivity index (χ0n) is 10.7. The lowest BCUT2D eigenvalue weighted by Gasteiger charge is -2.28. The highest BCUT2D eigenvalue weighted by atomic mass is 19.1. The van der Waals surface area contributed by atoms with E-state index >= 15 is 0 Å². The lowest BCUT2D eigenvalue weighted by Crippen LogP contribution is -2.26. The molecule has 0 spiro atoms. The molecule has 2 saturated carbocycles. The van der Waals surface area contributed by atoms with Gasteiger partial charge in [-0.1, -0.05) is 6.07 Å². The molecule has 2 nitrogen and oxygen atoms in total. The fourth-order valence-electron chi connectivity index (χ4n) is 3.59. The number of fused-ring (bicyclic) bond motifs is 1. The Bertz CT molecular complexity index is 448. The van der Waals surface area contributed by atoms with Gasteiger partial charge in [0.15, 0.2) is 11.6 Å². The molecule has 3 heteroatoms. The van der Waals surface area contributed by atoms with Gasteiger partial charge in [0.05, 0.1) is 7.11 Å². The average Bonchev–Trinajstić information content (AvgIpc) is 2.98. The van der Waals surface area contributed by atoms with Crippen molar-refractivity contribution in [1.29, 1.82) is 0 Å². The van der Waals surface area contributed by atoms with E-state index in [0.29, 0.717) is 0 Å². The Hall–Kier alpha value is -1.09. The summed E-state index contributed by atoms with van der Waals surface area (Å²) in [4.78, 5) is 0. The van der Waals surface area contributed by atoms with Crippen LogP contribution < -0.4 is 4.74 Å². The van der Waals surface area contributed by atoms with Crippen molar-refractivity contribution >= 4 is 0 Å². The monoisotopic (exact) mass is 250 g/mol. The quantitative estimate of drug-likeness (QED) is 0.890. The van der Waals surface area contributed by atoms with Gasteiger partial charge in [0, 0.05) is 6.61 Å². The van der Waals surface area contributed by atoms with Gasteiger partial charge in [0.1, 0.15) is 0 Å². The van der Waals surface area contributed by atoms with Gasteiger partial charge in [-0.3, -0.25) is 0 Å². The second-order valence-electron chi connectivity index (χ2n) is 5.97. The Morgan fingerprint density at radius 3 is 2.67 bits per heavy atom. The molecule has 0 aliphatic heterocycles. The van der Waals surface area contributed by atoms with Crippen LogP contribution in [0, 0.1) is 23.1 Å². The van der Waals surface area contributed by atoms with Gasteiger partial charge >= 0.3 is 0 Å². The second kappa shape index (κ2) is 4.23. The van der Waals surface area contributed by atoms with E-state index < -0.39 is 0 Å². The van der Waals surface area contributed by atoms with E-state index in [1.54, 1.807) is 12.1 Å². The lowest BCUT2D eigenvalue weighted by atomic mass is 9.78. The molecule has 0 bridgehead atoms. The van der Waals surface area contributed by atoms with Gasteiger partial charge in [0.2, 0.25) is 0 Å². The van der Waals surface area contributed by atoms with E-state index in [2.05, 4.69) is 0 Å². The molecular weight excluding hydrogens is 231 g/mol. The van der Waals surface area contributed by atoms with Crippen molar-refractivity contribution in [2.75, 3.05) is 13.7 Å². The Balaban J connectivity index is 1.77. The molecule has 1 aromatic rings. The first-order valence-electron chi connectivity index (χ1n) is 6.59. The number of aliphatic hydroxyl groups is 1. The van der Waals surface area contributed by atoms with Crippen LogP contribution in [0.5, 0.6) is 5.75 Å². The van der Waals surface area contributed by atoms with Gasteiger partial charge in [-0.05, 0) is 60.6 Å². The van der Waals surface area contributed by atoms with Gasteiger partial charge in [-0.25, -0.2) is 4.39 Å². The van der Waals surface area contributed by atoms with Crippen LogP contribution in [-0.4, -0.2) is 18.8 Å².